The molecule has 0 saturated heterocycles. The van der Waals surface area contributed by atoms with E-state index in [4.69, 9.17) is 14.9 Å². The van der Waals surface area contributed by atoms with Gasteiger partial charge in [-0.15, -0.1) is 0 Å². The molecule has 0 bridgehead atoms. The molecule has 7 nitrogen and oxygen atoms in total. The molecule has 0 aliphatic carbocycles. The largest absolute Gasteiger partial charge is 0.744 e. The van der Waals surface area contributed by atoms with Gasteiger partial charge in [0.1, 0.15) is 16.7 Å². The third kappa shape index (κ3) is 8.04. The van der Waals surface area contributed by atoms with Crippen molar-refractivity contribution in [2.75, 3.05) is 26.4 Å². The Morgan fingerprint density at radius 1 is 1.16 bits per heavy atom. The summed E-state index contributed by atoms with van der Waals surface area (Å²) in [7, 11) is -4.25. The summed E-state index contributed by atoms with van der Waals surface area (Å²) in [5, 5.41) is 17.4. The molecule has 0 atom stereocenters. The summed E-state index contributed by atoms with van der Waals surface area (Å²) in [6.45, 7) is 4.13. The van der Waals surface area contributed by atoms with Gasteiger partial charge in [0.15, 0.2) is 12.2 Å². The number of thiazole rings is 1. The van der Waals surface area contributed by atoms with Gasteiger partial charge >= 0.3 is 0 Å². The molecule has 25 heavy (non-hydrogen) atoms. The Morgan fingerprint density at radius 2 is 1.84 bits per heavy atom. The van der Waals surface area contributed by atoms with Crippen LogP contribution in [0, 0.1) is 6.92 Å². The van der Waals surface area contributed by atoms with Crippen LogP contribution >= 0.6 is 11.3 Å². The lowest BCUT2D eigenvalue weighted by atomic mass is 10.3. The summed E-state index contributed by atoms with van der Waals surface area (Å²) in [4.78, 5) is 1.04. The smallest absolute Gasteiger partial charge is 0.225 e. The van der Waals surface area contributed by atoms with Crippen LogP contribution in [0.4, 0.5) is 0 Å². The molecule has 2 aromatic rings. The molecule has 0 aliphatic heterocycles. The average molecular weight is 389 g/mol. The number of hydrogen-bond acceptors (Lipinski definition) is 7. The van der Waals surface area contributed by atoms with Crippen LogP contribution in [0.25, 0.3) is 0 Å². The highest BCUT2D eigenvalue weighted by atomic mass is 32.2. The molecule has 0 amide bonds. The molecule has 0 radical (unpaired) electrons. The van der Waals surface area contributed by atoms with E-state index in [0.29, 0.717) is 13.2 Å². The Labute approximate surface area is 151 Å². The van der Waals surface area contributed by atoms with E-state index in [9.17, 15) is 13.0 Å². The van der Waals surface area contributed by atoms with Gasteiger partial charge in [-0.2, -0.15) is 4.57 Å². The van der Waals surface area contributed by atoms with Gasteiger partial charge in [-0.1, -0.05) is 29.5 Å². The molecule has 1 heterocycles. The fourth-order valence-corrected chi connectivity index (χ4v) is 3.44. The minimum Gasteiger partial charge on any atom is -0.744 e. The number of aliphatic hydroxyl groups excluding tert-OH is 2. The maximum atomic E-state index is 10.3. The van der Waals surface area contributed by atoms with Crippen molar-refractivity contribution >= 4 is 21.5 Å². The van der Waals surface area contributed by atoms with E-state index >= 15 is 0 Å². The number of ether oxygens (including phenoxy) is 1. The van der Waals surface area contributed by atoms with E-state index in [2.05, 4.69) is 4.57 Å². The Bertz CT molecular complexity index is 715. The summed E-state index contributed by atoms with van der Waals surface area (Å²) in [5.41, 5.74) is 3.24. The van der Waals surface area contributed by atoms with Crippen LogP contribution in [0.2, 0.25) is 0 Å². The van der Waals surface area contributed by atoms with Crippen molar-refractivity contribution in [3.63, 3.8) is 0 Å². The molecule has 0 spiro atoms. The van der Waals surface area contributed by atoms with Crippen molar-refractivity contribution in [1.29, 1.82) is 0 Å². The van der Waals surface area contributed by atoms with Gasteiger partial charge < -0.3 is 19.5 Å². The zero-order valence-corrected chi connectivity index (χ0v) is 15.6. The summed E-state index contributed by atoms with van der Waals surface area (Å²) >= 11 is 1.66. The number of aromatic nitrogens is 1. The maximum Gasteiger partial charge on any atom is 0.225 e. The minimum atomic E-state index is -4.25. The zero-order chi connectivity index (χ0) is 18.7. The summed E-state index contributed by atoms with van der Waals surface area (Å²) in [5.74, 6) is 0. The van der Waals surface area contributed by atoms with Crippen LogP contribution in [0.1, 0.15) is 10.6 Å². The molecule has 2 rings (SSSR count). The van der Waals surface area contributed by atoms with E-state index in [0.717, 1.165) is 13.0 Å². The van der Waals surface area contributed by atoms with Crippen molar-refractivity contribution in [3.05, 3.63) is 46.4 Å². The van der Waals surface area contributed by atoms with Gasteiger partial charge in [-0.3, -0.25) is 0 Å². The zero-order valence-electron chi connectivity index (χ0n) is 14.0. The molecule has 140 valence electrons. The van der Waals surface area contributed by atoms with Gasteiger partial charge in [0, 0.05) is 20.0 Å². The molecule has 1 aromatic heterocycles. The molecule has 0 unspecified atom stereocenters. The lowest BCUT2D eigenvalue weighted by Crippen LogP contribution is -2.37. The first-order valence-corrected chi connectivity index (χ1v) is 9.95. The number of benzene rings is 1. The molecule has 0 fully saturated rings. The molecular weight excluding hydrogens is 366 g/mol. The summed E-state index contributed by atoms with van der Waals surface area (Å²) in [6.07, 6.45) is 0.723. The Balaban J connectivity index is 0.000000271. The molecule has 2 N–H and O–H groups in total. The normalized spacial score (nSPS) is 11.0. The van der Waals surface area contributed by atoms with Crippen LogP contribution < -0.4 is 4.57 Å². The molecule has 0 aliphatic rings. The van der Waals surface area contributed by atoms with E-state index < -0.39 is 10.1 Å². The standard InChI is InChI=1S/C10H18NO3S.C6H6O3S/c1-9-10(2-4-12)15-8-11(9)3-6-14-7-5-13;7-10(8,9)6-4-2-1-3-5-6/h8,12-13H,2-7H2,1H3;1-5H,(H,7,8,9)/q+1;/p-1. The highest BCUT2D eigenvalue weighted by Crippen LogP contribution is 2.10. The number of rotatable bonds is 8. The van der Waals surface area contributed by atoms with Crippen LogP contribution in [0.3, 0.4) is 0 Å². The summed E-state index contributed by atoms with van der Waals surface area (Å²) < 4.78 is 38.1. The van der Waals surface area contributed by atoms with Gasteiger partial charge in [-0.25, -0.2) is 8.42 Å². The Hall–Kier alpha value is -1.36. The second kappa shape index (κ2) is 11.3. The second-order valence-electron chi connectivity index (χ2n) is 5.00. The van der Waals surface area contributed by atoms with Gasteiger partial charge in [0.2, 0.25) is 5.51 Å². The Kier molecular flexibility index (Phi) is 9.79. The third-order valence-corrected chi connectivity index (χ3v) is 5.23. The summed E-state index contributed by atoms with van der Waals surface area (Å²) in [6, 6.07) is 7.19. The lowest BCUT2D eigenvalue weighted by Gasteiger charge is -2.04. The van der Waals surface area contributed by atoms with Crippen molar-refractivity contribution < 1.29 is 32.5 Å². The van der Waals surface area contributed by atoms with E-state index in [-0.39, 0.29) is 18.1 Å². The van der Waals surface area contributed by atoms with Crippen LogP contribution in [0.5, 0.6) is 0 Å². The highest BCUT2D eigenvalue weighted by molar-refractivity contribution is 7.85. The van der Waals surface area contributed by atoms with E-state index in [1.165, 1.54) is 34.8 Å². The number of aliphatic hydroxyl groups is 2. The average Bonchev–Trinajstić information content (AvgIpc) is 2.93. The first kappa shape index (κ1) is 21.7. The molecule has 1 aromatic carbocycles. The van der Waals surface area contributed by atoms with Gasteiger partial charge in [-0.05, 0) is 12.1 Å². The topological polar surface area (TPSA) is 111 Å². The fourth-order valence-electron chi connectivity index (χ4n) is 1.93. The minimum absolute atomic E-state index is 0.0725. The van der Waals surface area contributed by atoms with Gasteiger partial charge in [0.05, 0.1) is 23.0 Å². The van der Waals surface area contributed by atoms with E-state index in [1.54, 1.807) is 17.4 Å². The van der Waals surface area contributed by atoms with Crippen LogP contribution in [0.15, 0.2) is 40.7 Å². The second-order valence-corrected chi connectivity index (χ2v) is 7.32. The predicted octanol–water partition coefficient (Wildman–Crippen LogP) is 0.478. The fraction of sp³-hybridized carbons (Fsp3) is 0.438. The maximum absolute atomic E-state index is 10.3. The van der Waals surface area contributed by atoms with Crippen molar-refractivity contribution in [2.45, 2.75) is 24.8 Å². The quantitative estimate of drug-likeness (QED) is 0.386. The van der Waals surface area contributed by atoms with Crippen LogP contribution in [-0.4, -0.2) is 49.6 Å². The SMILES string of the molecule is Cc1c(CCO)sc[n+]1CCOCCO.O=S(=O)([O-])c1ccccc1. The predicted molar refractivity (Wildman–Crippen MR) is 92.4 cm³/mol. The third-order valence-electron chi connectivity index (χ3n) is 3.24. The monoisotopic (exact) mass is 389 g/mol. The van der Waals surface area contributed by atoms with Gasteiger partial charge in [0.25, 0.3) is 0 Å². The lowest BCUT2D eigenvalue weighted by molar-refractivity contribution is -0.699. The van der Waals surface area contributed by atoms with Crippen LogP contribution in [-0.2, 0) is 27.8 Å². The highest BCUT2D eigenvalue weighted by Gasteiger charge is 2.13. The first-order chi connectivity index (χ1) is 11.9. The first-order valence-electron chi connectivity index (χ1n) is 7.67. The van der Waals surface area contributed by atoms with Crippen molar-refractivity contribution in [2.24, 2.45) is 0 Å². The van der Waals surface area contributed by atoms with Crippen molar-refractivity contribution in [3.8, 4) is 0 Å². The molecule has 9 heteroatoms. The molecular formula is C16H23NO6S2. The molecule has 0 saturated carbocycles. The van der Waals surface area contributed by atoms with Crippen molar-refractivity contribution in [1.82, 2.24) is 0 Å². The number of nitrogens with zero attached hydrogens (tertiary/aromatic N) is 1. The van der Waals surface area contributed by atoms with E-state index in [1.807, 2.05) is 12.4 Å². The Morgan fingerprint density at radius 3 is 2.36 bits per heavy atom. The number of hydrogen-bond donors (Lipinski definition) is 2.